The summed E-state index contributed by atoms with van der Waals surface area (Å²) in [5.41, 5.74) is 2.50. The van der Waals surface area contributed by atoms with Gasteiger partial charge in [-0.1, -0.05) is 0 Å². The summed E-state index contributed by atoms with van der Waals surface area (Å²) in [6.45, 7) is 2.71. The van der Waals surface area contributed by atoms with Crippen LogP contribution in [0.25, 0.3) is 5.52 Å². The van der Waals surface area contributed by atoms with Crippen LogP contribution in [0.2, 0.25) is 0 Å². The topological polar surface area (TPSA) is 63.4 Å². The Morgan fingerprint density at radius 3 is 2.96 bits per heavy atom. The number of amides is 1. The van der Waals surface area contributed by atoms with Gasteiger partial charge in [0.1, 0.15) is 5.82 Å². The molecule has 0 bridgehead atoms. The molecule has 0 aliphatic carbocycles. The number of hydrogen-bond donors (Lipinski definition) is 0. The van der Waals surface area contributed by atoms with E-state index in [0.29, 0.717) is 5.56 Å². The van der Waals surface area contributed by atoms with Crippen LogP contribution in [0.3, 0.4) is 0 Å². The van der Waals surface area contributed by atoms with Crippen LogP contribution < -0.4 is 0 Å². The van der Waals surface area contributed by atoms with Crippen molar-refractivity contribution >= 4 is 11.4 Å². The maximum Gasteiger partial charge on any atom is 0.255 e. The molecule has 1 fully saturated rings. The van der Waals surface area contributed by atoms with Gasteiger partial charge in [0.25, 0.3) is 5.91 Å². The van der Waals surface area contributed by atoms with Gasteiger partial charge in [-0.3, -0.25) is 14.8 Å². The van der Waals surface area contributed by atoms with E-state index in [2.05, 4.69) is 15.0 Å². The van der Waals surface area contributed by atoms with E-state index in [4.69, 9.17) is 0 Å². The molecule has 0 radical (unpaired) electrons. The first-order chi connectivity index (χ1) is 11.2. The number of hydrogen-bond acceptors (Lipinski definition) is 4. The van der Waals surface area contributed by atoms with Crippen LogP contribution in [0.5, 0.6) is 0 Å². The van der Waals surface area contributed by atoms with Crippen molar-refractivity contribution < 1.29 is 4.79 Å². The number of carbonyl (C=O) groups excluding carboxylic acids is 1. The third kappa shape index (κ3) is 2.36. The van der Waals surface area contributed by atoms with E-state index in [1.54, 1.807) is 30.7 Å². The molecule has 0 spiro atoms. The minimum atomic E-state index is 0.00825. The Labute approximate surface area is 133 Å². The lowest BCUT2D eigenvalue weighted by atomic mass is 10.1. The maximum absolute atomic E-state index is 12.8. The van der Waals surface area contributed by atoms with E-state index in [-0.39, 0.29) is 11.9 Å². The van der Waals surface area contributed by atoms with E-state index in [1.165, 1.54) is 0 Å². The van der Waals surface area contributed by atoms with Crippen molar-refractivity contribution in [3.63, 3.8) is 0 Å². The van der Waals surface area contributed by atoms with Crippen molar-refractivity contribution in [1.29, 1.82) is 0 Å². The molecule has 3 aromatic rings. The number of aryl methyl sites for hydroxylation is 1. The number of imidazole rings is 1. The second kappa shape index (κ2) is 5.46. The first-order valence-electron chi connectivity index (χ1n) is 7.74. The highest BCUT2D eigenvalue weighted by molar-refractivity contribution is 5.94. The molecule has 1 aliphatic rings. The molecule has 6 heteroatoms. The summed E-state index contributed by atoms with van der Waals surface area (Å²) in [5.74, 6) is 0.941. The van der Waals surface area contributed by atoms with E-state index in [9.17, 15) is 4.79 Å². The van der Waals surface area contributed by atoms with Crippen LogP contribution in [0.4, 0.5) is 0 Å². The summed E-state index contributed by atoms with van der Waals surface area (Å²) in [6.07, 6.45) is 10.8. The Kier molecular flexibility index (Phi) is 3.29. The Balaban J connectivity index is 1.69. The van der Waals surface area contributed by atoms with Crippen LogP contribution in [0.1, 0.15) is 40.8 Å². The second-order valence-corrected chi connectivity index (χ2v) is 5.81. The molecule has 0 aromatic carbocycles. The van der Waals surface area contributed by atoms with Gasteiger partial charge < -0.3 is 9.30 Å². The molecule has 1 saturated heterocycles. The summed E-state index contributed by atoms with van der Waals surface area (Å²) >= 11 is 0. The fraction of sp³-hybridized carbons (Fsp3) is 0.294. The van der Waals surface area contributed by atoms with Gasteiger partial charge in [0.2, 0.25) is 0 Å². The summed E-state index contributed by atoms with van der Waals surface area (Å²) in [4.78, 5) is 27.6. The zero-order valence-corrected chi connectivity index (χ0v) is 12.9. The number of rotatable bonds is 2. The van der Waals surface area contributed by atoms with E-state index in [1.807, 2.05) is 28.6 Å². The van der Waals surface area contributed by atoms with Crippen LogP contribution in [-0.2, 0) is 0 Å². The molecule has 1 amide bonds. The third-order valence-corrected chi connectivity index (χ3v) is 4.38. The zero-order chi connectivity index (χ0) is 15.8. The molecule has 0 saturated carbocycles. The lowest BCUT2D eigenvalue weighted by Gasteiger charge is -2.24. The minimum Gasteiger partial charge on any atom is -0.330 e. The molecular weight excluding hydrogens is 290 g/mol. The van der Waals surface area contributed by atoms with Gasteiger partial charge in [-0.2, -0.15) is 0 Å². The zero-order valence-electron chi connectivity index (χ0n) is 12.9. The Hall–Kier alpha value is -2.76. The lowest BCUT2D eigenvalue weighted by Crippen LogP contribution is -2.31. The molecule has 1 aliphatic heterocycles. The highest BCUT2D eigenvalue weighted by Crippen LogP contribution is 2.32. The predicted octanol–water partition coefficient (Wildman–Crippen LogP) is 2.41. The quantitative estimate of drug-likeness (QED) is 0.729. The third-order valence-electron chi connectivity index (χ3n) is 4.38. The highest BCUT2D eigenvalue weighted by atomic mass is 16.2. The fourth-order valence-corrected chi connectivity index (χ4v) is 3.19. The van der Waals surface area contributed by atoms with Crippen molar-refractivity contribution in [2.24, 2.45) is 0 Å². The van der Waals surface area contributed by atoms with Crippen molar-refractivity contribution in [2.75, 3.05) is 6.54 Å². The monoisotopic (exact) mass is 307 g/mol. The summed E-state index contributed by atoms with van der Waals surface area (Å²) in [7, 11) is 0. The maximum atomic E-state index is 12.8. The van der Waals surface area contributed by atoms with Crippen molar-refractivity contribution in [1.82, 2.24) is 24.3 Å². The summed E-state index contributed by atoms with van der Waals surface area (Å²) in [6, 6.07) is 3.60. The molecule has 0 N–H and O–H groups in total. The SMILES string of the molecule is Cc1ncc2cnc([C@@H]3CCCN3C(=O)c3cccnc3)cn12. The molecule has 1 atom stereocenters. The minimum absolute atomic E-state index is 0.00825. The first kappa shape index (κ1) is 13.9. The van der Waals surface area contributed by atoms with Crippen molar-refractivity contribution in [3.05, 3.63) is 60.2 Å². The van der Waals surface area contributed by atoms with E-state index < -0.39 is 0 Å². The average molecular weight is 307 g/mol. The van der Waals surface area contributed by atoms with Gasteiger partial charge in [-0.15, -0.1) is 0 Å². The van der Waals surface area contributed by atoms with Gasteiger partial charge in [0.15, 0.2) is 0 Å². The smallest absolute Gasteiger partial charge is 0.255 e. The molecule has 3 aromatic heterocycles. The number of aromatic nitrogens is 4. The normalized spacial score (nSPS) is 17.8. The van der Waals surface area contributed by atoms with E-state index >= 15 is 0 Å². The Bertz CT molecular complexity index is 858. The summed E-state index contributed by atoms with van der Waals surface area (Å²) in [5, 5.41) is 0. The Morgan fingerprint density at radius 1 is 1.26 bits per heavy atom. The number of carbonyl (C=O) groups is 1. The van der Waals surface area contributed by atoms with Gasteiger partial charge in [-0.25, -0.2) is 4.98 Å². The molecule has 23 heavy (non-hydrogen) atoms. The van der Waals surface area contributed by atoms with Crippen LogP contribution in [0, 0.1) is 6.92 Å². The number of nitrogens with zero attached hydrogens (tertiary/aromatic N) is 5. The number of pyridine rings is 1. The lowest BCUT2D eigenvalue weighted by molar-refractivity contribution is 0.0732. The molecule has 4 rings (SSSR count). The van der Waals surface area contributed by atoms with Crippen molar-refractivity contribution in [2.45, 2.75) is 25.8 Å². The largest absolute Gasteiger partial charge is 0.330 e. The first-order valence-corrected chi connectivity index (χ1v) is 7.74. The van der Waals surface area contributed by atoms with Crippen LogP contribution >= 0.6 is 0 Å². The molecule has 116 valence electrons. The molecule has 4 heterocycles. The van der Waals surface area contributed by atoms with Gasteiger partial charge in [0.05, 0.1) is 35.2 Å². The Morgan fingerprint density at radius 2 is 2.13 bits per heavy atom. The van der Waals surface area contributed by atoms with Crippen LogP contribution in [0.15, 0.2) is 43.1 Å². The number of likely N-dealkylation sites (tertiary alicyclic amines) is 1. The summed E-state index contributed by atoms with van der Waals surface area (Å²) < 4.78 is 2.02. The van der Waals surface area contributed by atoms with Crippen LogP contribution in [-0.4, -0.2) is 36.7 Å². The molecule has 6 nitrogen and oxygen atoms in total. The predicted molar refractivity (Wildman–Crippen MR) is 85.0 cm³/mol. The van der Waals surface area contributed by atoms with Gasteiger partial charge >= 0.3 is 0 Å². The van der Waals surface area contributed by atoms with Gasteiger partial charge in [0, 0.05) is 25.1 Å². The number of fused-ring (bicyclic) bond motifs is 1. The fourth-order valence-electron chi connectivity index (χ4n) is 3.19. The second-order valence-electron chi connectivity index (χ2n) is 5.81. The van der Waals surface area contributed by atoms with Gasteiger partial charge in [-0.05, 0) is 31.9 Å². The molecule has 0 unspecified atom stereocenters. The standard InChI is InChI=1S/C17H17N5O/c1-12-19-9-14-10-20-15(11-22(12)14)16-5-3-7-21(16)17(23)13-4-2-6-18-8-13/h2,4,6,8-11,16H,3,5,7H2,1H3/t16-/m0/s1. The highest BCUT2D eigenvalue weighted by Gasteiger charge is 2.31. The van der Waals surface area contributed by atoms with Crippen molar-refractivity contribution in [3.8, 4) is 0 Å². The average Bonchev–Trinajstić information content (AvgIpc) is 3.22. The van der Waals surface area contributed by atoms with E-state index in [0.717, 1.165) is 36.4 Å². The molecular formula is C17H17N5O.